The Bertz CT molecular complexity index is 1310. The smallest absolute Gasteiger partial charge is 0.220 e. The first kappa shape index (κ1) is 61.1. The normalized spacial score (nSPS) is 27.0. The van der Waals surface area contributed by atoms with Gasteiger partial charge in [-0.15, -0.1) is 0 Å². The molecule has 2 rings (SSSR count). The third-order valence-corrected chi connectivity index (χ3v) is 12.7. The van der Waals surface area contributed by atoms with E-state index in [1.807, 2.05) is 6.08 Å². The summed E-state index contributed by atoms with van der Waals surface area (Å²) in [5.41, 5.74) is 0. The zero-order chi connectivity index (χ0) is 48.9. The molecule has 12 atom stereocenters. The molecule has 0 aromatic heterocycles. The van der Waals surface area contributed by atoms with Crippen LogP contribution in [-0.2, 0) is 23.7 Å². The van der Waals surface area contributed by atoms with E-state index in [1.54, 1.807) is 6.08 Å². The van der Waals surface area contributed by atoms with E-state index < -0.39 is 86.8 Å². The summed E-state index contributed by atoms with van der Waals surface area (Å²) in [5.74, 6) is -0.267. The van der Waals surface area contributed by atoms with Crippen LogP contribution in [0.4, 0.5) is 0 Å². The molecule has 0 aromatic carbocycles. The number of nitrogens with one attached hydrogen (secondary N) is 1. The van der Waals surface area contributed by atoms with Gasteiger partial charge in [0.25, 0.3) is 0 Å². The molecule has 0 aromatic rings. The second-order valence-corrected chi connectivity index (χ2v) is 18.6. The molecule has 0 spiro atoms. The van der Waals surface area contributed by atoms with E-state index in [0.29, 0.717) is 12.8 Å². The van der Waals surface area contributed by atoms with Gasteiger partial charge in [-0.3, -0.25) is 4.79 Å². The molecule has 2 aliphatic rings. The molecule has 14 nitrogen and oxygen atoms in total. The minimum Gasteiger partial charge on any atom is -0.394 e. The molecule has 0 saturated carbocycles. The molecular weight excluding hydrogens is 859 g/mol. The fraction of sp³-hybridized carbons (Fsp3) is 0.830. The Balaban J connectivity index is 1.82. The number of ether oxygens (including phenoxy) is 4. The molecule has 0 aliphatic carbocycles. The molecule has 12 unspecified atom stereocenters. The van der Waals surface area contributed by atoms with Crippen molar-refractivity contribution in [3.63, 3.8) is 0 Å². The fourth-order valence-corrected chi connectivity index (χ4v) is 8.38. The summed E-state index contributed by atoms with van der Waals surface area (Å²) < 4.78 is 22.6. The van der Waals surface area contributed by atoms with Crippen molar-refractivity contribution < 1.29 is 64.6 Å². The van der Waals surface area contributed by atoms with Crippen molar-refractivity contribution in [2.24, 2.45) is 0 Å². The summed E-state index contributed by atoms with van der Waals surface area (Å²) in [5, 5.41) is 86.6. The van der Waals surface area contributed by atoms with Crippen molar-refractivity contribution >= 4 is 5.91 Å². The Hall–Kier alpha value is -2.05. The monoisotopic (exact) mass is 954 g/mol. The van der Waals surface area contributed by atoms with Crippen molar-refractivity contribution in [1.29, 1.82) is 0 Å². The Morgan fingerprint density at radius 1 is 0.522 bits per heavy atom. The van der Waals surface area contributed by atoms with Crippen LogP contribution in [0, 0.1) is 0 Å². The summed E-state index contributed by atoms with van der Waals surface area (Å²) in [7, 11) is 0. The molecule has 2 saturated heterocycles. The topological polar surface area (TPSA) is 228 Å². The van der Waals surface area contributed by atoms with Crippen LogP contribution in [0.3, 0.4) is 0 Å². The number of hydrogen-bond acceptors (Lipinski definition) is 13. The van der Waals surface area contributed by atoms with Gasteiger partial charge < -0.3 is 65.1 Å². The van der Waals surface area contributed by atoms with Gasteiger partial charge in [0.2, 0.25) is 5.91 Å². The van der Waals surface area contributed by atoms with E-state index in [4.69, 9.17) is 18.9 Å². The molecule has 2 aliphatic heterocycles. The number of unbranched alkanes of at least 4 members (excludes halogenated alkanes) is 21. The number of carbonyl (C=O) groups is 1. The van der Waals surface area contributed by atoms with Crippen molar-refractivity contribution in [2.45, 2.75) is 261 Å². The third-order valence-electron chi connectivity index (χ3n) is 12.7. The minimum atomic E-state index is -1.79. The highest BCUT2D eigenvalue weighted by Crippen LogP contribution is 2.30. The maximum absolute atomic E-state index is 13.1. The first-order chi connectivity index (χ1) is 32.6. The van der Waals surface area contributed by atoms with Crippen molar-refractivity contribution in [3.8, 4) is 0 Å². The van der Waals surface area contributed by atoms with Gasteiger partial charge in [-0.2, -0.15) is 0 Å². The lowest BCUT2D eigenvalue weighted by Gasteiger charge is -2.46. The Kier molecular flexibility index (Phi) is 36.1. The number of allylic oxidation sites excluding steroid dienone is 7. The second-order valence-electron chi connectivity index (χ2n) is 18.6. The molecule has 67 heavy (non-hydrogen) atoms. The SMILES string of the molecule is CCC/C=C\CCCCCCCC(=O)NC(COC1OC(CO)C(OC2OC(CO)C(O)C(O)C2O)C(O)C1O)C(O)/C=C/CC/C=C/CC/C=C/CCCCCCCCCCCCCCC. The summed E-state index contributed by atoms with van der Waals surface area (Å²) in [6.45, 7) is 2.68. The van der Waals surface area contributed by atoms with Gasteiger partial charge in [-0.1, -0.05) is 165 Å². The minimum absolute atomic E-state index is 0.258. The van der Waals surface area contributed by atoms with Gasteiger partial charge >= 0.3 is 0 Å². The molecule has 2 heterocycles. The Morgan fingerprint density at radius 2 is 0.985 bits per heavy atom. The molecular formula is C53H95NO13. The van der Waals surface area contributed by atoms with E-state index in [2.05, 4.69) is 55.6 Å². The predicted octanol–water partition coefficient (Wildman–Crippen LogP) is 7.27. The largest absolute Gasteiger partial charge is 0.394 e. The molecule has 0 radical (unpaired) electrons. The van der Waals surface area contributed by atoms with E-state index in [1.165, 1.54) is 83.5 Å². The van der Waals surface area contributed by atoms with E-state index in [9.17, 15) is 45.6 Å². The summed E-state index contributed by atoms with van der Waals surface area (Å²) >= 11 is 0. The zero-order valence-electron chi connectivity index (χ0n) is 41.4. The van der Waals surface area contributed by atoms with Gasteiger partial charge in [0.1, 0.15) is 48.8 Å². The average molecular weight is 954 g/mol. The molecule has 0 bridgehead atoms. The lowest BCUT2D eigenvalue weighted by molar-refractivity contribution is -0.359. The summed E-state index contributed by atoms with van der Waals surface area (Å²) in [6, 6.07) is -0.940. The number of aliphatic hydroxyl groups is 8. The third kappa shape index (κ3) is 26.7. The number of carbonyl (C=O) groups excluding carboxylic acids is 1. The molecule has 2 fully saturated rings. The highest BCUT2D eigenvalue weighted by Gasteiger charge is 2.51. The Labute approximate surface area is 403 Å². The number of amides is 1. The van der Waals surface area contributed by atoms with Crippen LogP contribution in [0.1, 0.15) is 187 Å². The van der Waals surface area contributed by atoms with Crippen molar-refractivity contribution in [3.05, 3.63) is 48.6 Å². The summed E-state index contributed by atoms with van der Waals surface area (Å²) in [4.78, 5) is 13.1. The van der Waals surface area contributed by atoms with E-state index in [0.717, 1.165) is 70.6 Å². The van der Waals surface area contributed by atoms with Crippen LogP contribution >= 0.6 is 0 Å². The van der Waals surface area contributed by atoms with Crippen molar-refractivity contribution in [2.75, 3.05) is 19.8 Å². The first-order valence-electron chi connectivity index (χ1n) is 26.4. The van der Waals surface area contributed by atoms with Crippen LogP contribution in [0.2, 0.25) is 0 Å². The van der Waals surface area contributed by atoms with Crippen LogP contribution in [0.15, 0.2) is 48.6 Å². The highest BCUT2D eigenvalue weighted by atomic mass is 16.7. The maximum Gasteiger partial charge on any atom is 0.220 e. The number of hydrogen-bond donors (Lipinski definition) is 9. The van der Waals surface area contributed by atoms with Gasteiger partial charge in [0.15, 0.2) is 12.6 Å². The lowest BCUT2D eigenvalue weighted by atomic mass is 9.97. The molecule has 14 heteroatoms. The maximum atomic E-state index is 13.1. The van der Waals surface area contributed by atoms with E-state index >= 15 is 0 Å². The molecule has 9 N–H and O–H groups in total. The standard InChI is InChI=1S/C53H95NO13/c1-3-5-7-9-11-13-15-16-17-18-19-20-21-22-23-24-25-26-27-28-30-32-34-36-42(57)41(54-45(58)37-35-33-31-29-14-12-10-8-6-4-2)40-64-52-50(63)48(61)51(44(39-56)66-52)67-53-49(62)47(60)46(59)43(38-55)65-53/h8,10,23-24,27-28,34,36,41-44,46-53,55-57,59-63H,3-7,9,11-22,25-26,29-33,35,37-40H2,1-2H3,(H,54,58)/b10-8-,24-23+,28-27+,36-34+. The summed E-state index contributed by atoms with van der Waals surface area (Å²) in [6.07, 6.45) is 30.3. The highest BCUT2D eigenvalue weighted by molar-refractivity contribution is 5.76. The fourth-order valence-electron chi connectivity index (χ4n) is 8.38. The van der Waals surface area contributed by atoms with Gasteiger partial charge in [0, 0.05) is 6.42 Å². The van der Waals surface area contributed by atoms with Gasteiger partial charge in [0.05, 0.1) is 32.0 Å². The molecule has 390 valence electrons. The Morgan fingerprint density at radius 3 is 1.52 bits per heavy atom. The lowest BCUT2D eigenvalue weighted by Crippen LogP contribution is -2.65. The first-order valence-corrected chi connectivity index (χ1v) is 26.4. The van der Waals surface area contributed by atoms with Crippen molar-refractivity contribution in [1.82, 2.24) is 5.32 Å². The van der Waals surface area contributed by atoms with Crippen LogP contribution in [0.5, 0.6) is 0 Å². The predicted molar refractivity (Wildman–Crippen MR) is 263 cm³/mol. The van der Waals surface area contributed by atoms with Gasteiger partial charge in [-0.25, -0.2) is 0 Å². The second kappa shape index (κ2) is 39.6. The number of aliphatic hydroxyl groups excluding tert-OH is 8. The zero-order valence-corrected chi connectivity index (χ0v) is 41.4. The quantitative estimate of drug-likeness (QED) is 0.0218. The molecule has 1 amide bonds. The van der Waals surface area contributed by atoms with E-state index in [-0.39, 0.29) is 18.9 Å². The van der Waals surface area contributed by atoms with Gasteiger partial charge in [-0.05, 0) is 64.2 Å². The van der Waals surface area contributed by atoms with Crippen LogP contribution in [0.25, 0.3) is 0 Å². The van der Waals surface area contributed by atoms with Crippen LogP contribution in [-0.4, -0.2) is 140 Å². The van der Waals surface area contributed by atoms with Crippen LogP contribution < -0.4 is 5.32 Å². The number of rotatable bonds is 40. The average Bonchev–Trinajstić information content (AvgIpc) is 3.32.